The second-order valence-electron chi connectivity index (χ2n) is 4.80. The van der Waals surface area contributed by atoms with Crippen molar-refractivity contribution < 1.29 is 4.79 Å². The third-order valence-electron chi connectivity index (χ3n) is 3.16. The van der Waals surface area contributed by atoms with Gasteiger partial charge in [0.1, 0.15) is 0 Å². The maximum absolute atomic E-state index is 12.0. The Labute approximate surface area is 129 Å². The summed E-state index contributed by atoms with van der Waals surface area (Å²) in [6.45, 7) is 2.18. The van der Waals surface area contributed by atoms with Crippen molar-refractivity contribution in [3.05, 3.63) is 58.3 Å². The smallest absolute Gasteiger partial charge is 0.266 e. The number of nitrogens with zero attached hydrogens (tertiary/aromatic N) is 1. The van der Waals surface area contributed by atoms with Crippen LogP contribution in [0.25, 0.3) is 0 Å². The van der Waals surface area contributed by atoms with Gasteiger partial charge < -0.3 is 0 Å². The average Bonchev–Trinajstić information content (AvgIpc) is 3.06. The summed E-state index contributed by atoms with van der Waals surface area (Å²) in [4.78, 5) is 12.6. The number of hydrogen-bond donors (Lipinski definition) is 1. The molecule has 0 atom stereocenters. The van der Waals surface area contributed by atoms with E-state index in [0.29, 0.717) is 4.88 Å². The molecule has 110 valence electrons. The standard InChI is InChI=1S/C17H20N2OS/c1-2-3-5-11-15(14-9-6-4-7-10-14)18-19-17(20)16-12-8-13-21-16/h4,6-10,12-13H,2-3,5,11H2,1H3,(H,19,20). The average molecular weight is 300 g/mol. The largest absolute Gasteiger partial charge is 0.281 e. The van der Waals surface area contributed by atoms with Crippen molar-refractivity contribution >= 4 is 23.0 Å². The van der Waals surface area contributed by atoms with Crippen LogP contribution in [0.1, 0.15) is 47.8 Å². The predicted molar refractivity (Wildman–Crippen MR) is 88.9 cm³/mol. The van der Waals surface area contributed by atoms with E-state index in [9.17, 15) is 4.79 Å². The quantitative estimate of drug-likeness (QED) is 0.458. The summed E-state index contributed by atoms with van der Waals surface area (Å²) >= 11 is 1.42. The summed E-state index contributed by atoms with van der Waals surface area (Å²) in [5.41, 5.74) is 4.68. The van der Waals surface area contributed by atoms with E-state index in [4.69, 9.17) is 0 Å². The molecule has 1 amide bonds. The Hall–Kier alpha value is -1.94. The second kappa shape index (κ2) is 8.37. The molecule has 0 bridgehead atoms. The molecule has 21 heavy (non-hydrogen) atoms. The van der Waals surface area contributed by atoms with Crippen LogP contribution in [0, 0.1) is 0 Å². The van der Waals surface area contributed by atoms with Crippen LogP contribution in [0.2, 0.25) is 0 Å². The third kappa shape index (κ3) is 4.83. The number of thiophene rings is 1. The molecule has 0 fully saturated rings. The first-order chi connectivity index (χ1) is 10.3. The molecule has 0 unspecified atom stereocenters. The fourth-order valence-electron chi connectivity index (χ4n) is 2.02. The minimum absolute atomic E-state index is 0.145. The van der Waals surface area contributed by atoms with E-state index < -0.39 is 0 Å². The van der Waals surface area contributed by atoms with Crippen LogP contribution in [-0.2, 0) is 0 Å². The zero-order valence-corrected chi connectivity index (χ0v) is 13.0. The lowest BCUT2D eigenvalue weighted by atomic mass is 10.0. The van der Waals surface area contributed by atoms with Crippen molar-refractivity contribution in [1.29, 1.82) is 0 Å². The van der Waals surface area contributed by atoms with Crippen LogP contribution >= 0.6 is 11.3 Å². The summed E-state index contributed by atoms with van der Waals surface area (Å²) < 4.78 is 0. The number of unbranched alkanes of at least 4 members (excludes halogenated alkanes) is 2. The Morgan fingerprint density at radius 1 is 1.14 bits per heavy atom. The molecule has 0 radical (unpaired) electrons. The number of rotatable bonds is 7. The summed E-state index contributed by atoms with van der Waals surface area (Å²) in [6.07, 6.45) is 4.30. The van der Waals surface area contributed by atoms with Crippen molar-refractivity contribution in [2.24, 2.45) is 5.10 Å². The Morgan fingerprint density at radius 2 is 1.95 bits per heavy atom. The second-order valence-corrected chi connectivity index (χ2v) is 5.75. The molecule has 1 aromatic heterocycles. The molecular weight excluding hydrogens is 280 g/mol. The van der Waals surface area contributed by atoms with Gasteiger partial charge >= 0.3 is 0 Å². The van der Waals surface area contributed by atoms with E-state index in [-0.39, 0.29) is 5.91 Å². The minimum atomic E-state index is -0.145. The van der Waals surface area contributed by atoms with Crippen molar-refractivity contribution in [3.8, 4) is 0 Å². The van der Waals surface area contributed by atoms with Gasteiger partial charge in [-0.15, -0.1) is 11.3 Å². The highest BCUT2D eigenvalue weighted by Crippen LogP contribution is 2.10. The molecule has 4 heteroatoms. The van der Waals surface area contributed by atoms with Gasteiger partial charge in [-0.05, 0) is 29.9 Å². The number of hydrazone groups is 1. The van der Waals surface area contributed by atoms with Crippen molar-refractivity contribution in [2.45, 2.75) is 32.6 Å². The molecule has 1 heterocycles. The van der Waals surface area contributed by atoms with Crippen LogP contribution in [-0.4, -0.2) is 11.6 Å². The molecule has 0 aliphatic rings. The van der Waals surface area contributed by atoms with Crippen molar-refractivity contribution in [3.63, 3.8) is 0 Å². The fraction of sp³-hybridized carbons (Fsp3) is 0.294. The van der Waals surface area contributed by atoms with Gasteiger partial charge in [-0.25, -0.2) is 5.43 Å². The van der Waals surface area contributed by atoms with E-state index in [2.05, 4.69) is 17.5 Å². The lowest BCUT2D eigenvalue weighted by Gasteiger charge is -2.07. The third-order valence-corrected chi connectivity index (χ3v) is 4.03. The van der Waals surface area contributed by atoms with E-state index >= 15 is 0 Å². The lowest BCUT2D eigenvalue weighted by Crippen LogP contribution is -2.19. The van der Waals surface area contributed by atoms with Crippen LogP contribution in [0.4, 0.5) is 0 Å². The van der Waals surface area contributed by atoms with Gasteiger partial charge in [-0.1, -0.05) is 56.2 Å². The van der Waals surface area contributed by atoms with Crippen LogP contribution in [0.5, 0.6) is 0 Å². The molecule has 0 aliphatic heterocycles. The SMILES string of the molecule is CCCCCC(=NNC(=O)c1cccs1)c1ccccc1. The van der Waals surface area contributed by atoms with Gasteiger partial charge in [-0.3, -0.25) is 4.79 Å². The summed E-state index contributed by atoms with van der Waals surface area (Å²) in [5.74, 6) is -0.145. The monoisotopic (exact) mass is 300 g/mol. The molecule has 0 aliphatic carbocycles. The topological polar surface area (TPSA) is 41.5 Å². The molecular formula is C17H20N2OS. The molecule has 1 N–H and O–H groups in total. The molecule has 0 spiro atoms. The van der Waals surface area contributed by atoms with Gasteiger partial charge in [0.05, 0.1) is 10.6 Å². The predicted octanol–water partition coefficient (Wildman–Crippen LogP) is 4.46. The number of hydrogen-bond acceptors (Lipinski definition) is 3. The maximum atomic E-state index is 12.0. The van der Waals surface area contributed by atoms with Crippen LogP contribution in [0.3, 0.4) is 0 Å². The first-order valence-corrected chi connectivity index (χ1v) is 8.15. The normalized spacial score (nSPS) is 11.4. The van der Waals surface area contributed by atoms with Gasteiger partial charge in [0, 0.05) is 0 Å². The minimum Gasteiger partial charge on any atom is -0.266 e. The van der Waals surface area contributed by atoms with Gasteiger partial charge in [0.25, 0.3) is 5.91 Å². The van der Waals surface area contributed by atoms with E-state index in [1.54, 1.807) is 6.07 Å². The highest BCUT2D eigenvalue weighted by Gasteiger charge is 2.07. The number of nitrogens with one attached hydrogen (secondary N) is 1. The molecule has 0 saturated carbocycles. The zero-order valence-electron chi connectivity index (χ0n) is 12.2. The van der Waals surface area contributed by atoms with Crippen LogP contribution < -0.4 is 5.43 Å². The van der Waals surface area contributed by atoms with E-state index in [1.165, 1.54) is 24.2 Å². The van der Waals surface area contributed by atoms with Gasteiger partial charge in [0.15, 0.2) is 0 Å². The first kappa shape index (κ1) is 15.4. The van der Waals surface area contributed by atoms with E-state index in [0.717, 1.165) is 24.1 Å². The Balaban J connectivity index is 2.07. The number of carbonyl (C=O) groups excluding carboxylic acids is 1. The molecule has 3 nitrogen and oxygen atoms in total. The number of amides is 1. The highest BCUT2D eigenvalue weighted by atomic mass is 32.1. The summed E-state index contributed by atoms with van der Waals surface area (Å²) in [7, 11) is 0. The molecule has 1 aromatic carbocycles. The Bertz CT molecular complexity index is 576. The van der Waals surface area contributed by atoms with Gasteiger partial charge in [0.2, 0.25) is 0 Å². The summed E-state index contributed by atoms with van der Waals surface area (Å²) in [5, 5.41) is 6.23. The highest BCUT2D eigenvalue weighted by molar-refractivity contribution is 7.12. The van der Waals surface area contributed by atoms with Crippen LogP contribution in [0.15, 0.2) is 52.9 Å². The van der Waals surface area contributed by atoms with Gasteiger partial charge in [-0.2, -0.15) is 5.10 Å². The Kier molecular flexibility index (Phi) is 6.16. The molecule has 2 rings (SSSR count). The summed E-state index contributed by atoms with van der Waals surface area (Å²) in [6, 6.07) is 13.7. The first-order valence-electron chi connectivity index (χ1n) is 7.27. The number of carbonyl (C=O) groups is 1. The lowest BCUT2D eigenvalue weighted by molar-refractivity contribution is 0.0959. The zero-order chi connectivity index (χ0) is 14.9. The Morgan fingerprint density at radius 3 is 2.62 bits per heavy atom. The molecule has 2 aromatic rings. The maximum Gasteiger partial charge on any atom is 0.281 e. The van der Waals surface area contributed by atoms with E-state index in [1.807, 2.05) is 41.8 Å². The van der Waals surface area contributed by atoms with Crippen molar-refractivity contribution in [2.75, 3.05) is 0 Å². The number of benzene rings is 1. The fourth-order valence-corrected chi connectivity index (χ4v) is 2.63. The van der Waals surface area contributed by atoms with Crippen molar-refractivity contribution in [1.82, 2.24) is 5.43 Å². The molecule has 0 saturated heterocycles.